The molecule has 4 nitrogen and oxygen atoms in total. The van der Waals surface area contributed by atoms with Gasteiger partial charge in [0.25, 0.3) is 0 Å². The minimum Gasteiger partial charge on any atom is -0.453 e. The van der Waals surface area contributed by atoms with Gasteiger partial charge in [0.05, 0.1) is 6.08 Å². The van der Waals surface area contributed by atoms with E-state index >= 15 is 0 Å². The molecule has 0 aromatic carbocycles. The van der Waals surface area contributed by atoms with Crippen LogP contribution in [-0.4, -0.2) is 26.2 Å². The van der Waals surface area contributed by atoms with Gasteiger partial charge in [-0.2, -0.15) is 0 Å². The van der Waals surface area contributed by atoms with Crippen LogP contribution in [0.1, 0.15) is 48.0 Å². The lowest BCUT2D eigenvalue weighted by molar-refractivity contribution is -0.203. The summed E-state index contributed by atoms with van der Waals surface area (Å²) in [6.07, 6.45) is 10.0. The van der Waals surface area contributed by atoms with E-state index in [4.69, 9.17) is 13.9 Å². The Bertz CT molecular complexity index is 536. The molecule has 0 saturated heterocycles. The molecule has 1 aliphatic heterocycles. The number of cyclic esters (lactones) is 1. The van der Waals surface area contributed by atoms with Crippen LogP contribution in [-0.2, 0) is 18.7 Å². The van der Waals surface area contributed by atoms with E-state index in [0.29, 0.717) is 5.76 Å². The van der Waals surface area contributed by atoms with Gasteiger partial charge in [0.1, 0.15) is 5.76 Å². The van der Waals surface area contributed by atoms with Gasteiger partial charge >= 0.3 is 5.97 Å². The molecule has 1 aliphatic rings. The molecule has 0 aromatic heterocycles. The van der Waals surface area contributed by atoms with Gasteiger partial charge in [0, 0.05) is 20.0 Å². The van der Waals surface area contributed by atoms with Gasteiger partial charge < -0.3 is 13.9 Å². The molecule has 0 saturated carbocycles. The summed E-state index contributed by atoms with van der Waals surface area (Å²) >= 11 is 0. The van der Waals surface area contributed by atoms with Gasteiger partial charge in [-0.15, -0.1) is 0 Å². The van der Waals surface area contributed by atoms with Crippen LogP contribution in [0.25, 0.3) is 0 Å². The van der Waals surface area contributed by atoms with Gasteiger partial charge in [-0.25, -0.2) is 4.79 Å². The highest BCUT2D eigenvalue weighted by Gasteiger charge is 2.38. The summed E-state index contributed by atoms with van der Waals surface area (Å²) < 4.78 is 16.9. The Morgan fingerprint density at radius 2 is 1.88 bits per heavy atom. The normalized spacial score (nSPS) is 20.0. The molecule has 1 heterocycles. The van der Waals surface area contributed by atoms with Gasteiger partial charge in [-0.05, 0) is 37.6 Å². The van der Waals surface area contributed by atoms with Crippen LogP contribution in [0, 0.1) is 0 Å². The smallest absolute Gasteiger partial charge is 0.337 e. The first-order valence-electron chi connectivity index (χ1n) is 8.47. The lowest BCUT2D eigenvalue weighted by atomic mass is 10.2. The van der Waals surface area contributed by atoms with Crippen LogP contribution < -0.4 is 0 Å². The third-order valence-electron chi connectivity index (χ3n) is 4.25. The molecule has 0 unspecified atom stereocenters. The Hall–Kier alpha value is -1.33. The molecule has 0 N–H and O–H groups in total. The van der Waals surface area contributed by atoms with E-state index in [2.05, 4.69) is 46.9 Å². The quantitative estimate of drug-likeness (QED) is 0.379. The van der Waals surface area contributed by atoms with E-state index in [1.807, 2.05) is 12.2 Å². The minimum atomic E-state index is -1.72. The standard InChI is InChI=1S/C19H32O4Si/c1-15(23-24(7,8)18(2,3)4)12-10-9-11-13-16-14-17(20)22-19(5,6)21-16/h9-11,13-15H,12H2,1-8H3/b10-9-,13-11+/t15-/m1/s1. The molecule has 0 radical (unpaired) electrons. The molecule has 1 atom stereocenters. The molecule has 1 rings (SSSR count). The molecule has 5 heteroatoms. The Kier molecular flexibility index (Phi) is 6.65. The molecular formula is C19H32O4Si. The van der Waals surface area contributed by atoms with E-state index in [9.17, 15) is 4.79 Å². The summed E-state index contributed by atoms with van der Waals surface area (Å²) in [5, 5.41) is 0.219. The lowest BCUT2D eigenvalue weighted by Gasteiger charge is -2.38. The predicted octanol–water partition coefficient (Wildman–Crippen LogP) is 5.09. The number of ether oxygens (including phenoxy) is 2. The van der Waals surface area contributed by atoms with Crippen molar-refractivity contribution in [2.24, 2.45) is 0 Å². The first-order chi connectivity index (χ1) is 10.8. The van der Waals surface area contributed by atoms with E-state index in [0.717, 1.165) is 6.42 Å². The summed E-state index contributed by atoms with van der Waals surface area (Å²) in [5.74, 6) is -0.793. The lowest BCUT2D eigenvalue weighted by Crippen LogP contribution is -2.43. The highest BCUT2D eigenvalue weighted by atomic mass is 28.4. The van der Waals surface area contributed by atoms with Crippen molar-refractivity contribution in [3.8, 4) is 0 Å². The van der Waals surface area contributed by atoms with Crippen molar-refractivity contribution in [1.82, 2.24) is 0 Å². The number of allylic oxidation sites excluding steroid dienone is 3. The summed E-state index contributed by atoms with van der Waals surface area (Å²) in [7, 11) is -1.72. The maximum absolute atomic E-state index is 11.4. The molecule has 0 aliphatic carbocycles. The Morgan fingerprint density at radius 1 is 1.25 bits per heavy atom. The van der Waals surface area contributed by atoms with Crippen molar-refractivity contribution in [1.29, 1.82) is 0 Å². The zero-order chi connectivity index (χ0) is 18.6. The molecule has 0 amide bonds. The van der Waals surface area contributed by atoms with Gasteiger partial charge in [-0.1, -0.05) is 39.0 Å². The van der Waals surface area contributed by atoms with Crippen LogP contribution in [0.4, 0.5) is 0 Å². The van der Waals surface area contributed by atoms with Crippen LogP contribution in [0.3, 0.4) is 0 Å². The van der Waals surface area contributed by atoms with E-state index in [1.54, 1.807) is 19.9 Å². The van der Waals surface area contributed by atoms with Crippen molar-refractivity contribution in [2.45, 2.75) is 78.0 Å². The average Bonchev–Trinajstić information content (AvgIpc) is 2.33. The summed E-state index contributed by atoms with van der Waals surface area (Å²) in [6, 6.07) is 0. The van der Waals surface area contributed by atoms with Crippen LogP contribution in [0.5, 0.6) is 0 Å². The third-order valence-corrected chi connectivity index (χ3v) is 8.85. The topological polar surface area (TPSA) is 44.8 Å². The number of hydrogen-bond donors (Lipinski definition) is 0. The number of esters is 1. The fourth-order valence-electron chi connectivity index (χ4n) is 2.03. The molecule has 24 heavy (non-hydrogen) atoms. The fraction of sp³-hybridized carbons (Fsp3) is 0.632. The molecule has 0 aromatic rings. The number of rotatable bonds is 6. The van der Waals surface area contributed by atoms with Crippen molar-refractivity contribution in [3.05, 3.63) is 36.1 Å². The first-order valence-corrected chi connectivity index (χ1v) is 11.4. The first kappa shape index (κ1) is 20.7. The second-order valence-electron chi connectivity index (χ2n) is 8.18. The SMILES string of the molecule is C[C@H](C/C=C\C=C\C1=CC(=O)OC(C)(C)O1)O[Si](C)(C)C(C)(C)C. The number of hydrogen-bond acceptors (Lipinski definition) is 4. The summed E-state index contributed by atoms with van der Waals surface area (Å²) in [6.45, 7) is 16.8. The van der Waals surface area contributed by atoms with Crippen molar-refractivity contribution in [2.75, 3.05) is 0 Å². The maximum Gasteiger partial charge on any atom is 0.337 e. The highest BCUT2D eigenvalue weighted by Crippen LogP contribution is 2.37. The average molecular weight is 353 g/mol. The Labute approximate surface area is 147 Å². The van der Waals surface area contributed by atoms with Crippen molar-refractivity contribution < 1.29 is 18.7 Å². The van der Waals surface area contributed by atoms with Crippen molar-refractivity contribution >= 4 is 14.3 Å². The van der Waals surface area contributed by atoms with E-state index in [-0.39, 0.29) is 17.1 Å². The number of carbonyl (C=O) groups is 1. The molecule has 136 valence electrons. The van der Waals surface area contributed by atoms with Crippen LogP contribution in [0.2, 0.25) is 18.1 Å². The summed E-state index contributed by atoms with van der Waals surface area (Å²) in [4.78, 5) is 11.4. The Balaban J connectivity index is 2.50. The van der Waals surface area contributed by atoms with Gasteiger partial charge in [0.15, 0.2) is 8.32 Å². The second-order valence-corrected chi connectivity index (χ2v) is 12.9. The van der Waals surface area contributed by atoms with Gasteiger partial charge in [0.2, 0.25) is 5.79 Å². The molecule has 0 bridgehead atoms. The van der Waals surface area contributed by atoms with Crippen molar-refractivity contribution in [3.63, 3.8) is 0 Å². The molecule has 0 spiro atoms. The predicted molar refractivity (Wildman–Crippen MR) is 100.0 cm³/mol. The molecular weight excluding hydrogens is 320 g/mol. The zero-order valence-corrected chi connectivity index (χ0v) is 17.3. The maximum atomic E-state index is 11.4. The monoisotopic (exact) mass is 352 g/mol. The fourth-order valence-corrected chi connectivity index (χ4v) is 3.49. The van der Waals surface area contributed by atoms with E-state index < -0.39 is 14.1 Å². The number of carbonyl (C=O) groups excluding carboxylic acids is 1. The molecule has 0 fully saturated rings. The van der Waals surface area contributed by atoms with Crippen LogP contribution in [0.15, 0.2) is 36.1 Å². The third kappa shape index (κ3) is 6.65. The minimum absolute atomic E-state index is 0.189. The second kappa shape index (κ2) is 7.70. The van der Waals surface area contributed by atoms with Gasteiger partial charge in [-0.3, -0.25) is 0 Å². The largest absolute Gasteiger partial charge is 0.453 e. The Morgan fingerprint density at radius 3 is 2.42 bits per heavy atom. The summed E-state index contributed by atoms with van der Waals surface area (Å²) in [5.41, 5.74) is 0. The van der Waals surface area contributed by atoms with E-state index in [1.165, 1.54) is 6.08 Å². The zero-order valence-electron chi connectivity index (χ0n) is 16.3. The highest BCUT2D eigenvalue weighted by molar-refractivity contribution is 6.74. The van der Waals surface area contributed by atoms with Crippen LogP contribution >= 0.6 is 0 Å².